The maximum Gasteiger partial charge on any atom is 0.246 e. The number of amides is 2. The maximum atomic E-state index is 12.5. The molecular weight excluding hydrogens is 270 g/mol. The first-order chi connectivity index (χ1) is 9.92. The van der Waals surface area contributed by atoms with Crippen LogP contribution in [0.15, 0.2) is 18.2 Å². The molecule has 114 valence electrons. The van der Waals surface area contributed by atoms with E-state index in [9.17, 15) is 9.59 Å². The zero-order valence-electron chi connectivity index (χ0n) is 12.8. The second kappa shape index (κ2) is 5.71. The highest BCUT2D eigenvalue weighted by atomic mass is 16.5. The van der Waals surface area contributed by atoms with E-state index in [4.69, 9.17) is 4.74 Å². The van der Waals surface area contributed by atoms with Crippen LogP contribution in [0.25, 0.3) is 0 Å². The zero-order chi connectivity index (χ0) is 15.6. The van der Waals surface area contributed by atoms with Gasteiger partial charge in [0.1, 0.15) is 11.6 Å². The molecule has 0 radical (unpaired) electrons. The summed E-state index contributed by atoms with van der Waals surface area (Å²) in [6.45, 7) is 5.67. The van der Waals surface area contributed by atoms with Gasteiger partial charge in [0.25, 0.3) is 0 Å². The van der Waals surface area contributed by atoms with Gasteiger partial charge < -0.3 is 15.0 Å². The third-order valence-corrected chi connectivity index (χ3v) is 4.07. The van der Waals surface area contributed by atoms with E-state index in [-0.39, 0.29) is 18.4 Å². The molecule has 1 N–H and O–H groups in total. The Bertz CT molecular complexity index is 561. The average Bonchev–Trinajstić information content (AvgIpc) is 2.50. The molecule has 2 rings (SSSR count). The van der Waals surface area contributed by atoms with Crippen molar-refractivity contribution in [2.75, 3.05) is 7.11 Å². The SMILES string of the molecule is CCC1(C)C(=O)NC(C)C(=O)N1Cc1cccc(OC)n1. The summed E-state index contributed by atoms with van der Waals surface area (Å²) in [5.41, 5.74) is -0.154. The molecule has 2 amide bonds. The Morgan fingerprint density at radius 2 is 2.14 bits per heavy atom. The van der Waals surface area contributed by atoms with E-state index in [1.807, 2.05) is 19.1 Å². The van der Waals surface area contributed by atoms with E-state index >= 15 is 0 Å². The minimum atomic E-state index is -0.853. The lowest BCUT2D eigenvalue weighted by Gasteiger charge is -2.45. The fourth-order valence-electron chi connectivity index (χ4n) is 2.44. The van der Waals surface area contributed by atoms with Crippen molar-refractivity contribution in [1.82, 2.24) is 15.2 Å². The highest BCUT2D eigenvalue weighted by Gasteiger charge is 2.46. The van der Waals surface area contributed by atoms with Gasteiger partial charge in [-0.05, 0) is 26.3 Å². The van der Waals surface area contributed by atoms with E-state index in [1.54, 1.807) is 31.9 Å². The topological polar surface area (TPSA) is 71.5 Å². The normalized spacial score (nSPS) is 25.7. The molecule has 0 saturated carbocycles. The quantitative estimate of drug-likeness (QED) is 0.902. The number of piperazine rings is 1. The molecule has 1 fully saturated rings. The summed E-state index contributed by atoms with van der Waals surface area (Å²) in [6, 6.07) is 4.88. The highest BCUT2D eigenvalue weighted by molar-refractivity contribution is 5.99. The summed E-state index contributed by atoms with van der Waals surface area (Å²) in [4.78, 5) is 30.7. The van der Waals surface area contributed by atoms with Crippen LogP contribution in [0.1, 0.15) is 32.9 Å². The summed E-state index contributed by atoms with van der Waals surface area (Å²) < 4.78 is 5.10. The van der Waals surface area contributed by atoms with Crippen molar-refractivity contribution in [3.8, 4) is 5.88 Å². The van der Waals surface area contributed by atoms with Gasteiger partial charge in [0.2, 0.25) is 17.7 Å². The van der Waals surface area contributed by atoms with Gasteiger partial charge in [0.15, 0.2) is 0 Å². The summed E-state index contributed by atoms with van der Waals surface area (Å²) in [5.74, 6) is 0.274. The zero-order valence-corrected chi connectivity index (χ0v) is 12.8. The molecule has 6 nitrogen and oxygen atoms in total. The van der Waals surface area contributed by atoms with Crippen molar-refractivity contribution in [2.45, 2.75) is 45.3 Å². The van der Waals surface area contributed by atoms with Crippen molar-refractivity contribution in [3.05, 3.63) is 23.9 Å². The van der Waals surface area contributed by atoms with Crippen LogP contribution in [0.2, 0.25) is 0 Å². The van der Waals surface area contributed by atoms with Gasteiger partial charge >= 0.3 is 0 Å². The smallest absolute Gasteiger partial charge is 0.246 e. The number of methoxy groups -OCH3 is 1. The van der Waals surface area contributed by atoms with Crippen LogP contribution in [-0.4, -0.2) is 40.4 Å². The number of rotatable bonds is 4. The number of hydrogen-bond donors (Lipinski definition) is 1. The monoisotopic (exact) mass is 291 g/mol. The van der Waals surface area contributed by atoms with Crippen LogP contribution in [0.4, 0.5) is 0 Å². The Morgan fingerprint density at radius 1 is 1.43 bits per heavy atom. The van der Waals surface area contributed by atoms with Crippen molar-refractivity contribution in [2.24, 2.45) is 0 Å². The average molecular weight is 291 g/mol. The number of hydrogen-bond acceptors (Lipinski definition) is 4. The van der Waals surface area contributed by atoms with Gasteiger partial charge in [0, 0.05) is 6.07 Å². The number of pyridine rings is 1. The summed E-state index contributed by atoms with van der Waals surface area (Å²) in [7, 11) is 1.55. The first kappa shape index (κ1) is 15.3. The summed E-state index contributed by atoms with van der Waals surface area (Å²) >= 11 is 0. The van der Waals surface area contributed by atoms with E-state index < -0.39 is 11.6 Å². The number of ether oxygens (including phenoxy) is 1. The Balaban J connectivity index is 2.33. The Kier molecular flexibility index (Phi) is 4.16. The molecule has 0 bridgehead atoms. The first-order valence-electron chi connectivity index (χ1n) is 7.04. The second-order valence-electron chi connectivity index (χ2n) is 5.42. The van der Waals surface area contributed by atoms with Crippen molar-refractivity contribution in [1.29, 1.82) is 0 Å². The maximum absolute atomic E-state index is 12.5. The molecule has 1 aromatic heterocycles. The Morgan fingerprint density at radius 3 is 2.76 bits per heavy atom. The van der Waals surface area contributed by atoms with Crippen molar-refractivity contribution in [3.63, 3.8) is 0 Å². The van der Waals surface area contributed by atoms with E-state index in [1.165, 1.54) is 0 Å². The third-order valence-electron chi connectivity index (χ3n) is 4.07. The molecule has 0 aromatic carbocycles. The molecule has 1 aliphatic rings. The largest absolute Gasteiger partial charge is 0.481 e. The molecule has 21 heavy (non-hydrogen) atoms. The van der Waals surface area contributed by atoms with Gasteiger partial charge in [-0.2, -0.15) is 0 Å². The molecule has 1 saturated heterocycles. The summed E-state index contributed by atoms with van der Waals surface area (Å²) in [5, 5.41) is 2.73. The molecule has 2 unspecified atom stereocenters. The van der Waals surface area contributed by atoms with Gasteiger partial charge in [-0.25, -0.2) is 4.98 Å². The molecule has 0 aliphatic carbocycles. The van der Waals surface area contributed by atoms with E-state index in [0.717, 1.165) is 0 Å². The molecule has 2 atom stereocenters. The van der Waals surface area contributed by atoms with Crippen LogP contribution >= 0.6 is 0 Å². The van der Waals surface area contributed by atoms with Crippen molar-refractivity contribution < 1.29 is 14.3 Å². The highest BCUT2D eigenvalue weighted by Crippen LogP contribution is 2.27. The van der Waals surface area contributed by atoms with E-state index in [0.29, 0.717) is 18.0 Å². The lowest BCUT2D eigenvalue weighted by molar-refractivity contribution is -0.157. The first-order valence-corrected chi connectivity index (χ1v) is 7.04. The molecule has 1 aromatic rings. The lowest BCUT2D eigenvalue weighted by Crippen LogP contribution is -2.68. The number of nitrogens with one attached hydrogen (secondary N) is 1. The fraction of sp³-hybridized carbons (Fsp3) is 0.533. The standard InChI is InChI=1S/C15H21N3O3/c1-5-15(3)14(20)16-10(2)13(19)18(15)9-11-7-6-8-12(17-11)21-4/h6-8,10H,5,9H2,1-4H3,(H,16,20). The molecule has 0 spiro atoms. The number of nitrogens with zero attached hydrogens (tertiary/aromatic N) is 2. The van der Waals surface area contributed by atoms with Gasteiger partial charge in [-0.3, -0.25) is 9.59 Å². The van der Waals surface area contributed by atoms with Gasteiger partial charge in [-0.1, -0.05) is 13.0 Å². The lowest BCUT2D eigenvalue weighted by atomic mass is 9.90. The number of carbonyl (C=O) groups is 2. The fourth-order valence-corrected chi connectivity index (χ4v) is 2.44. The minimum Gasteiger partial charge on any atom is -0.481 e. The van der Waals surface area contributed by atoms with Crippen LogP contribution in [0, 0.1) is 0 Å². The minimum absolute atomic E-state index is 0.0939. The van der Waals surface area contributed by atoms with Crippen LogP contribution in [-0.2, 0) is 16.1 Å². The molecule has 2 heterocycles. The number of carbonyl (C=O) groups excluding carboxylic acids is 2. The van der Waals surface area contributed by atoms with Crippen LogP contribution in [0.3, 0.4) is 0 Å². The van der Waals surface area contributed by atoms with E-state index in [2.05, 4.69) is 10.3 Å². The number of aromatic nitrogens is 1. The summed E-state index contributed by atoms with van der Waals surface area (Å²) in [6.07, 6.45) is 0.543. The van der Waals surface area contributed by atoms with Gasteiger partial charge in [0.05, 0.1) is 19.3 Å². The predicted octanol–water partition coefficient (Wildman–Crippen LogP) is 1.11. The Hall–Kier alpha value is -2.11. The molecule has 1 aliphatic heterocycles. The van der Waals surface area contributed by atoms with Crippen LogP contribution in [0.5, 0.6) is 5.88 Å². The predicted molar refractivity (Wildman–Crippen MR) is 77.6 cm³/mol. The van der Waals surface area contributed by atoms with Crippen molar-refractivity contribution >= 4 is 11.8 Å². The van der Waals surface area contributed by atoms with Crippen LogP contribution < -0.4 is 10.1 Å². The van der Waals surface area contributed by atoms with Gasteiger partial charge in [-0.15, -0.1) is 0 Å². The molecule has 6 heteroatoms. The second-order valence-corrected chi connectivity index (χ2v) is 5.42. The Labute approximate surface area is 124 Å². The molecular formula is C15H21N3O3. The third kappa shape index (κ3) is 2.70.